The maximum atomic E-state index is 12.1. The summed E-state index contributed by atoms with van der Waals surface area (Å²) < 4.78 is 5.27. The molecule has 2 heterocycles. The predicted octanol–water partition coefficient (Wildman–Crippen LogP) is 2.44. The monoisotopic (exact) mass is 346 g/mol. The Morgan fingerprint density at radius 1 is 1.21 bits per heavy atom. The van der Waals surface area contributed by atoms with Crippen molar-refractivity contribution in [3.63, 3.8) is 0 Å². The summed E-state index contributed by atoms with van der Waals surface area (Å²) in [6.07, 6.45) is 3.46. The van der Waals surface area contributed by atoms with E-state index < -0.39 is 0 Å². The molecule has 3 rings (SSSR count). The Hall–Kier alpha value is -1.86. The lowest BCUT2D eigenvalue weighted by atomic mass is 10.1. The first-order chi connectivity index (χ1) is 11.8. The molecule has 6 nitrogen and oxygen atoms in total. The smallest absolute Gasteiger partial charge is 0.236 e. The summed E-state index contributed by atoms with van der Waals surface area (Å²) in [4.78, 5) is 18.4. The highest BCUT2D eigenvalue weighted by molar-refractivity contribution is 7.99. The second-order valence-corrected chi connectivity index (χ2v) is 6.83. The molecule has 0 bridgehead atoms. The summed E-state index contributed by atoms with van der Waals surface area (Å²) in [5.74, 6) is 2.33. The van der Waals surface area contributed by atoms with Crippen LogP contribution in [0, 0.1) is 0 Å². The minimum absolute atomic E-state index is 0.205. The summed E-state index contributed by atoms with van der Waals surface area (Å²) in [5, 5.41) is 4.00. The van der Waals surface area contributed by atoms with Crippen LogP contribution in [0.2, 0.25) is 0 Å². The van der Waals surface area contributed by atoms with Crippen molar-refractivity contribution in [1.82, 2.24) is 15.0 Å². The minimum atomic E-state index is 0.205. The van der Waals surface area contributed by atoms with E-state index in [1.807, 2.05) is 29.2 Å². The molecule has 1 aliphatic rings. The number of rotatable bonds is 6. The lowest BCUT2D eigenvalue weighted by Gasteiger charge is -2.26. The molecular formula is C17H22N4O2S. The molecule has 1 aromatic heterocycles. The van der Waals surface area contributed by atoms with Gasteiger partial charge in [-0.3, -0.25) is 4.79 Å². The highest BCUT2D eigenvalue weighted by Crippen LogP contribution is 2.19. The van der Waals surface area contributed by atoms with E-state index >= 15 is 0 Å². The molecule has 0 radical (unpaired) electrons. The van der Waals surface area contributed by atoms with E-state index in [0.717, 1.165) is 37.1 Å². The molecule has 7 heteroatoms. The lowest BCUT2D eigenvalue weighted by Crippen LogP contribution is -2.36. The number of likely N-dealkylation sites (tertiary alicyclic amines) is 1. The van der Waals surface area contributed by atoms with Crippen molar-refractivity contribution in [3.8, 4) is 11.4 Å². The lowest BCUT2D eigenvalue weighted by molar-refractivity contribution is -0.129. The van der Waals surface area contributed by atoms with Crippen molar-refractivity contribution in [2.45, 2.75) is 31.6 Å². The number of nitrogens with two attached hydrogens (primary N) is 1. The van der Waals surface area contributed by atoms with Crippen LogP contribution in [0.1, 0.15) is 30.7 Å². The maximum absolute atomic E-state index is 12.1. The largest absolute Gasteiger partial charge is 0.342 e. The van der Waals surface area contributed by atoms with Gasteiger partial charge in [-0.05, 0) is 24.8 Å². The fourth-order valence-corrected chi connectivity index (χ4v) is 3.43. The van der Waals surface area contributed by atoms with E-state index in [0.29, 0.717) is 29.8 Å². The number of piperidine rings is 1. The van der Waals surface area contributed by atoms with E-state index in [2.05, 4.69) is 10.1 Å². The van der Waals surface area contributed by atoms with Gasteiger partial charge in [0.2, 0.25) is 17.6 Å². The van der Waals surface area contributed by atoms with E-state index in [1.165, 1.54) is 18.2 Å². The van der Waals surface area contributed by atoms with Crippen LogP contribution < -0.4 is 5.73 Å². The number of thioether (sulfide) groups is 1. The van der Waals surface area contributed by atoms with Crippen LogP contribution in [0.15, 0.2) is 28.8 Å². The number of benzene rings is 1. The molecule has 1 amide bonds. The standard InChI is InChI=1S/C17H22N4O2S/c18-10-13-4-6-14(7-5-13)17-19-15(23-20-17)11-24-12-16(22)21-8-2-1-3-9-21/h4-7H,1-3,8-12,18H2. The van der Waals surface area contributed by atoms with Gasteiger partial charge in [0, 0.05) is 25.2 Å². The zero-order valence-electron chi connectivity index (χ0n) is 13.6. The van der Waals surface area contributed by atoms with Gasteiger partial charge in [-0.15, -0.1) is 11.8 Å². The van der Waals surface area contributed by atoms with Crippen molar-refractivity contribution in [3.05, 3.63) is 35.7 Å². The van der Waals surface area contributed by atoms with Gasteiger partial charge >= 0.3 is 0 Å². The minimum Gasteiger partial charge on any atom is -0.342 e. The van der Waals surface area contributed by atoms with Crippen LogP contribution >= 0.6 is 11.8 Å². The zero-order chi connectivity index (χ0) is 16.8. The number of nitrogens with zero attached hydrogens (tertiary/aromatic N) is 3. The van der Waals surface area contributed by atoms with Crippen molar-refractivity contribution < 1.29 is 9.32 Å². The average Bonchev–Trinajstić information content (AvgIpc) is 3.11. The van der Waals surface area contributed by atoms with E-state index in [9.17, 15) is 4.79 Å². The van der Waals surface area contributed by atoms with E-state index in [4.69, 9.17) is 10.3 Å². The topological polar surface area (TPSA) is 85.2 Å². The van der Waals surface area contributed by atoms with Gasteiger partial charge in [0.05, 0.1) is 11.5 Å². The molecule has 1 aromatic carbocycles. The quantitative estimate of drug-likeness (QED) is 0.865. The van der Waals surface area contributed by atoms with Crippen molar-refractivity contribution in [2.75, 3.05) is 18.8 Å². The molecular weight excluding hydrogens is 324 g/mol. The zero-order valence-corrected chi connectivity index (χ0v) is 14.4. The van der Waals surface area contributed by atoms with Crippen LogP contribution in [0.3, 0.4) is 0 Å². The van der Waals surface area contributed by atoms with Gasteiger partial charge in [-0.2, -0.15) is 4.98 Å². The first kappa shape index (κ1) is 17.0. The molecule has 0 aliphatic carbocycles. The molecule has 2 N–H and O–H groups in total. The number of hydrogen-bond donors (Lipinski definition) is 1. The fraction of sp³-hybridized carbons (Fsp3) is 0.471. The van der Waals surface area contributed by atoms with Crippen LogP contribution in [0.4, 0.5) is 0 Å². The summed E-state index contributed by atoms with van der Waals surface area (Å²) in [6, 6.07) is 7.78. The van der Waals surface area contributed by atoms with Gasteiger partial charge in [0.1, 0.15) is 0 Å². The number of carbonyl (C=O) groups is 1. The summed E-state index contributed by atoms with van der Waals surface area (Å²) in [5.41, 5.74) is 7.56. The van der Waals surface area contributed by atoms with Crippen molar-refractivity contribution in [1.29, 1.82) is 0 Å². The third kappa shape index (κ3) is 4.36. The van der Waals surface area contributed by atoms with Crippen LogP contribution in [-0.2, 0) is 17.1 Å². The number of amides is 1. The molecule has 0 spiro atoms. The molecule has 24 heavy (non-hydrogen) atoms. The number of hydrogen-bond acceptors (Lipinski definition) is 6. The SMILES string of the molecule is NCc1ccc(-c2noc(CSCC(=O)N3CCCCC3)n2)cc1. The fourth-order valence-electron chi connectivity index (χ4n) is 2.68. The Bertz CT molecular complexity index is 665. The first-order valence-corrected chi connectivity index (χ1v) is 9.39. The Kier molecular flexibility index (Phi) is 5.87. The first-order valence-electron chi connectivity index (χ1n) is 8.24. The third-order valence-corrected chi connectivity index (χ3v) is 4.98. The van der Waals surface area contributed by atoms with Crippen LogP contribution in [0.5, 0.6) is 0 Å². The molecule has 0 atom stereocenters. The number of aromatic nitrogens is 2. The van der Waals surface area contributed by atoms with Crippen LogP contribution in [0.25, 0.3) is 11.4 Å². The van der Waals surface area contributed by atoms with Gasteiger partial charge in [0.25, 0.3) is 0 Å². The van der Waals surface area contributed by atoms with Crippen molar-refractivity contribution in [2.24, 2.45) is 5.73 Å². The molecule has 1 saturated heterocycles. The van der Waals surface area contributed by atoms with Crippen molar-refractivity contribution >= 4 is 17.7 Å². The van der Waals surface area contributed by atoms with Gasteiger partial charge in [-0.25, -0.2) is 0 Å². The highest BCUT2D eigenvalue weighted by atomic mass is 32.2. The molecule has 1 aliphatic heterocycles. The Labute approximate surface area is 145 Å². The predicted molar refractivity (Wildman–Crippen MR) is 94.2 cm³/mol. The second kappa shape index (κ2) is 8.30. The second-order valence-electron chi connectivity index (χ2n) is 5.85. The van der Waals surface area contributed by atoms with Crippen LogP contribution in [-0.4, -0.2) is 39.8 Å². The maximum Gasteiger partial charge on any atom is 0.236 e. The molecule has 2 aromatic rings. The third-order valence-electron chi connectivity index (χ3n) is 4.08. The summed E-state index contributed by atoms with van der Waals surface area (Å²) in [7, 11) is 0. The molecule has 128 valence electrons. The molecule has 0 unspecified atom stereocenters. The molecule has 1 fully saturated rings. The Morgan fingerprint density at radius 2 is 1.96 bits per heavy atom. The Morgan fingerprint density at radius 3 is 2.67 bits per heavy atom. The Balaban J connectivity index is 1.49. The van der Waals surface area contributed by atoms with Gasteiger partial charge in [0.15, 0.2) is 0 Å². The van der Waals surface area contributed by atoms with Gasteiger partial charge in [-0.1, -0.05) is 29.4 Å². The van der Waals surface area contributed by atoms with Gasteiger partial charge < -0.3 is 15.2 Å². The summed E-state index contributed by atoms with van der Waals surface area (Å²) in [6.45, 7) is 2.30. The average molecular weight is 346 g/mol. The van der Waals surface area contributed by atoms with E-state index in [1.54, 1.807) is 0 Å². The summed E-state index contributed by atoms with van der Waals surface area (Å²) >= 11 is 1.52. The normalized spacial score (nSPS) is 14.8. The number of carbonyl (C=O) groups excluding carboxylic acids is 1. The highest BCUT2D eigenvalue weighted by Gasteiger charge is 2.17. The van der Waals surface area contributed by atoms with E-state index in [-0.39, 0.29) is 5.91 Å². The molecule has 0 saturated carbocycles.